The third-order valence-corrected chi connectivity index (χ3v) is 6.56. The highest BCUT2D eigenvalue weighted by molar-refractivity contribution is 8.00. The number of nitrogens with zero attached hydrogens (tertiary/aromatic N) is 1. The van der Waals surface area contributed by atoms with E-state index in [1.165, 1.54) is 38.0 Å². The number of hydrogen-bond donors (Lipinski definition) is 1. The van der Waals surface area contributed by atoms with E-state index in [9.17, 15) is 0 Å². The molecule has 1 heterocycles. The third kappa shape index (κ3) is 2.39. The number of thioether (sulfide) groups is 1. The van der Waals surface area contributed by atoms with Gasteiger partial charge in [-0.15, -0.1) is 0 Å². The normalized spacial score (nSPS) is 44.8. The summed E-state index contributed by atoms with van der Waals surface area (Å²) in [5.41, 5.74) is 6.52. The molecule has 1 aliphatic heterocycles. The van der Waals surface area contributed by atoms with Crippen molar-refractivity contribution in [1.82, 2.24) is 4.90 Å². The highest BCUT2D eigenvalue weighted by Gasteiger charge is 2.45. The first kappa shape index (κ1) is 13.7. The zero-order valence-corrected chi connectivity index (χ0v) is 12.4. The average molecular weight is 256 g/mol. The van der Waals surface area contributed by atoms with Gasteiger partial charge in [0.25, 0.3) is 0 Å². The van der Waals surface area contributed by atoms with Crippen LogP contribution in [0.5, 0.6) is 0 Å². The molecule has 4 unspecified atom stereocenters. The van der Waals surface area contributed by atoms with E-state index < -0.39 is 0 Å². The van der Waals surface area contributed by atoms with Crippen LogP contribution >= 0.6 is 11.8 Å². The second-order valence-electron chi connectivity index (χ2n) is 5.96. The Morgan fingerprint density at radius 2 is 2.06 bits per heavy atom. The number of rotatable bonds is 2. The van der Waals surface area contributed by atoms with E-state index in [2.05, 4.69) is 37.4 Å². The van der Waals surface area contributed by atoms with Gasteiger partial charge in [0.2, 0.25) is 0 Å². The summed E-state index contributed by atoms with van der Waals surface area (Å²) in [5.74, 6) is 2.04. The van der Waals surface area contributed by atoms with Crippen molar-refractivity contribution in [2.75, 3.05) is 18.8 Å². The lowest BCUT2D eigenvalue weighted by atomic mass is 9.71. The summed E-state index contributed by atoms with van der Waals surface area (Å²) >= 11 is 2.12. The second-order valence-corrected chi connectivity index (χ2v) is 7.45. The van der Waals surface area contributed by atoms with Crippen LogP contribution < -0.4 is 5.73 Å². The summed E-state index contributed by atoms with van der Waals surface area (Å²) in [4.78, 5) is 2.76. The molecule has 1 saturated carbocycles. The summed E-state index contributed by atoms with van der Waals surface area (Å²) in [6.45, 7) is 9.27. The van der Waals surface area contributed by atoms with Crippen LogP contribution in [-0.2, 0) is 0 Å². The minimum atomic E-state index is 0.299. The summed E-state index contributed by atoms with van der Waals surface area (Å²) in [5, 5.41) is 0.751. The van der Waals surface area contributed by atoms with Crippen molar-refractivity contribution in [1.29, 1.82) is 0 Å². The van der Waals surface area contributed by atoms with Gasteiger partial charge in [-0.1, -0.05) is 26.7 Å². The molecule has 0 bridgehead atoms. The molecule has 0 aromatic heterocycles. The topological polar surface area (TPSA) is 29.3 Å². The maximum Gasteiger partial charge on any atom is 0.0360 e. The molecule has 0 amide bonds. The molecular weight excluding hydrogens is 228 g/mol. The minimum Gasteiger partial charge on any atom is -0.329 e. The van der Waals surface area contributed by atoms with E-state index >= 15 is 0 Å². The van der Waals surface area contributed by atoms with E-state index in [-0.39, 0.29) is 0 Å². The quantitative estimate of drug-likeness (QED) is 0.824. The summed E-state index contributed by atoms with van der Waals surface area (Å²) < 4.78 is 0. The van der Waals surface area contributed by atoms with Gasteiger partial charge in [0, 0.05) is 35.7 Å². The second kappa shape index (κ2) is 5.50. The van der Waals surface area contributed by atoms with Gasteiger partial charge in [0.05, 0.1) is 0 Å². The van der Waals surface area contributed by atoms with E-state index in [1.807, 2.05) is 0 Å². The van der Waals surface area contributed by atoms with E-state index in [0.717, 1.165) is 17.7 Å². The van der Waals surface area contributed by atoms with Crippen molar-refractivity contribution < 1.29 is 0 Å². The Hall–Kier alpha value is 0.270. The molecule has 4 atom stereocenters. The highest BCUT2D eigenvalue weighted by atomic mass is 32.2. The molecule has 1 saturated heterocycles. The molecular formula is C14H28N2S. The maximum absolute atomic E-state index is 6.22. The van der Waals surface area contributed by atoms with Gasteiger partial charge in [-0.05, 0) is 25.7 Å². The zero-order valence-electron chi connectivity index (χ0n) is 11.6. The molecule has 1 aliphatic carbocycles. The van der Waals surface area contributed by atoms with Crippen molar-refractivity contribution in [3.05, 3.63) is 0 Å². The average Bonchev–Trinajstić information content (AvgIpc) is 2.34. The zero-order chi connectivity index (χ0) is 12.5. The Kier molecular flexibility index (Phi) is 4.43. The first-order valence-corrected chi connectivity index (χ1v) is 8.25. The van der Waals surface area contributed by atoms with Crippen molar-refractivity contribution in [3.63, 3.8) is 0 Å². The van der Waals surface area contributed by atoms with E-state index in [1.54, 1.807) is 0 Å². The van der Waals surface area contributed by atoms with Crippen LogP contribution in [0.4, 0.5) is 0 Å². The molecule has 0 aromatic rings. The fourth-order valence-electron chi connectivity index (χ4n) is 3.81. The van der Waals surface area contributed by atoms with Crippen LogP contribution in [0.1, 0.15) is 46.5 Å². The molecule has 0 radical (unpaired) electrons. The predicted octanol–water partition coefficient (Wildman–Crippen LogP) is 2.72. The maximum atomic E-state index is 6.22. The molecule has 2 aliphatic rings. The van der Waals surface area contributed by atoms with Crippen LogP contribution in [0.2, 0.25) is 0 Å². The SMILES string of the molecule is CC1SCCN(C2(CN)CCCCC2C)C1C. The molecule has 2 rings (SSSR count). The van der Waals surface area contributed by atoms with E-state index in [0.29, 0.717) is 11.6 Å². The van der Waals surface area contributed by atoms with Crippen molar-refractivity contribution in [2.45, 2.75) is 63.3 Å². The lowest BCUT2D eigenvalue weighted by molar-refractivity contribution is -0.0115. The van der Waals surface area contributed by atoms with Gasteiger partial charge in [-0.25, -0.2) is 0 Å². The minimum absolute atomic E-state index is 0.299. The first-order valence-electron chi connectivity index (χ1n) is 7.20. The molecule has 2 fully saturated rings. The van der Waals surface area contributed by atoms with Crippen LogP contribution in [0.3, 0.4) is 0 Å². The van der Waals surface area contributed by atoms with Crippen LogP contribution in [-0.4, -0.2) is 40.6 Å². The first-order chi connectivity index (χ1) is 8.12. The van der Waals surface area contributed by atoms with Crippen LogP contribution in [0.15, 0.2) is 0 Å². The van der Waals surface area contributed by atoms with Gasteiger partial charge >= 0.3 is 0 Å². The lowest BCUT2D eigenvalue weighted by Gasteiger charge is -2.55. The molecule has 100 valence electrons. The van der Waals surface area contributed by atoms with Crippen molar-refractivity contribution in [2.24, 2.45) is 11.7 Å². The monoisotopic (exact) mass is 256 g/mol. The summed E-state index contributed by atoms with van der Waals surface area (Å²) in [6.07, 6.45) is 5.44. The molecule has 17 heavy (non-hydrogen) atoms. The molecule has 3 heteroatoms. The third-order valence-electron chi connectivity index (χ3n) is 5.22. The Bertz CT molecular complexity index is 259. The van der Waals surface area contributed by atoms with Gasteiger partial charge in [0.1, 0.15) is 0 Å². The largest absolute Gasteiger partial charge is 0.329 e. The molecule has 0 spiro atoms. The van der Waals surface area contributed by atoms with Crippen molar-refractivity contribution in [3.8, 4) is 0 Å². The summed E-state index contributed by atoms with van der Waals surface area (Å²) in [7, 11) is 0. The number of nitrogens with two attached hydrogens (primary N) is 1. The standard InChI is InChI=1S/C14H28N2S/c1-11-6-4-5-7-14(11,10-15)16-8-9-17-13(3)12(16)2/h11-13H,4-10,15H2,1-3H3. The Labute approximate surface area is 111 Å². The fraction of sp³-hybridized carbons (Fsp3) is 1.00. The smallest absolute Gasteiger partial charge is 0.0360 e. The Morgan fingerprint density at radius 3 is 2.71 bits per heavy atom. The van der Waals surface area contributed by atoms with Gasteiger partial charge in [0.15, 0.2) is 0 Å². The fourth-order valence-corrected chi connectivity index (χ4v) is 4.90. The Morgan fingerprint density at radius 1 is 1.29 bits per heavy atom. The highest BCUT2D eigenvalue weighted by Crippen LogP contribution is 2.41. The van der Waals surface area contributed by atoms with Crippen LogP contribution in [0, 0.1) is 5.92 Å². The van der Waals surface area contributed by atoms with Gasteiger partial charge in [-0.3, -0.25) is 4.90 Å². The van der Waals surface area contributed by atoms with Crippen molar-refractivity contribution >= 4 is 11.8 Å². The molecule has 2 nitrogen and oxygen atoms in total. The lowest BCUT2D eigenvalue weighted by Crippen LogP contribution is -2.65. The predicted molar refractivity (Wildman–Crippen MR) is 77.5 cm³/mol. The number of hydrogen-bond acceptors (Lipinski definition) is 3. The molecule has 0 aromatic carbocycles. The van der Waals surface area contributed by atoms with Gasteiger partial charge < -0.3 is 5.73 Å². The van der Waals surface area contributed by atoms with Gasteiger partial charge in [-0.2, -0.15) is 11.8 Å². The summed E-state index contributed by atoms with van der Waals surface area (Å²) in [6, 6.07) is 0.679. The van der Waals surface area contributed by atoms with Crippen LogP contribution in [0.25, 0.3) is 0 Å². The molecule has 2 N–H and O–H groups in total. The Balaban J connectivity index is 2.20. The van der Waals surface area contributed by atoms with E-state index in [4.69, 9.17) is 5.73 Å².